The highest BCUT2D eigenvalue weighted by atomic mass is 31.2. The van der Waals surface area contributed by atoms with Gasteiger partial charge in [0.15, 0.2) is 12.4 Å². The molecular weight excluding hydrogens is 564 g/mol. The molecule has 2 aliphatic rings. The first kappa shape index (κ1) is 31.7. The number of nitrogens with zero attached hydrogens (tertiary/aromatic N) is 2. The fourth-order valence-electron chi connectivity index (χ4n) is 3.78. The topological polar surface area (TPSA) is 206 Å². The van der Waals surface area contributed by atoms with Crippen LogP contribution in [0.4, 0.5) is 19.8 Å². The second-order valence-electron chi connectivity index (χ2n) is 9.51. The minimum atomic E-state index is -4.74. The average molecular weight is 597 g/mol. The van der Waals surface area contributed by atoms with E-state index in [-0.39, 0.29) is 5.82 Å². The Balaban J connectivity index is 1.75. The maximum atomic E-state index is 15.3. The summed E-state index contributed by atoms with van der Waals surface area (Å²) in [5.74, 6) is -0.549. The predicted molar refractivity (Wildman–Crippen MR) is 130 cm³/mol. The van der Waals surface area contributed by atoms with Crippen molar-refractivity contribution >= 4 is 26.0 Å². The molecule has 0 aromatic carbocycles. The Morgan fingerprint density at radius 1 is 1.15 bits per heavy atom. The minimum Gasteiger partial charge on any atom is -0.432 e. The van der Waals surface area contributed by atoms with Gasteiger partial charge in [0.25, 0.3) is 0 Å². The van der Waals surface area contributed by atoms with Crippen LogP contribution in [0.15, 0.2) is 17.1 Å². The van der Waals surface area contributed by atoms with Crippen molar-refractivity contribution in [1.29, 1.82) is 0 Å². The first-order valence-corrected chi connectivity index (χ1v) is 13.8. The zero-order valence-electron chi connectivity index (χ0n) is 22.3. The number of halogens is 1. The summed E-state index contributed by atoms with van der Waals surface area (Å²) in [5.41, 5.74) is 2.79. The van der Waals surface area contributed by atoms with E-state index in [1.165, 1.54) is 6.07 Å². The number of hydrogen-bond acceptors (Lipinski definition) is 15. The summed E-state index contributed by atoms with van der Waals surface area (Å²) in [7, 11) is -4.74. The number of aromatic nitrogens is 2. The Hall–Kier alpha value is -2.82. The molecule has 1 aromatic rings. The van der Waals surface area contributed by atoms with Crippen molar-refractivity contribution in [2.24, 2.45) is 5.92 Å². The van der Waals surface area contributed by atoms with E-state index in [0.717, 1.165) is 10.8 Å². The van der Waals surface area contributed by atoms with Gasteiger partial charge in [-0.1, -0.05) is 0 Å². The number of nitrogen functional groups attached to an aromatic ring is 1. The maximum Gasteiger partial charge on any atom is 0.510 e. The fraction of sp³-hybridized carbons (Fsp3) is 0.727. The van der Waals surface area contributed by atoms with Gasteiger partial charge in [0.1, 0.15) is 17.5 Å². The summed E-state index contributed by atoms with van der Waals surface area (Å²) in [6.07, 6.45) is -6.73. The monoisotopic (exact) mass is 597 g/mol. The van der Waals surface area contributed by atoms with Gasteiger partial charge < -0.3 is 34.5 Å². The van der Waals surface area contributed by atoms with Crippen LogP contribution in [0, 0.1) is 5.92 Å². The van der Waals surface area contributed by atoms with Crippen LogP contribution in [0.3, 0.4) is 0 Å². The molecule has 3 N–H and O–H groups in total. The standard InChI is InChI=1S/C22H33FN3O13P/c1-12(2)37-20(29)32-10-35-40(31,36-11-33-21(30)38-13(3)4)34-9-22(14-5-6-14)17(27)16(23)18(39-22)26-8-7-15(24)25-19(26)28/h7-8,12-14,16-18,27H,5-6,9-11H2,1-4H3,(H2,24,25,28). The number of phosphoric acid groups is 1. The third kappa shape index (κ3) is 8.11. The Morgan fingerprint density at radius 3 is 2.17 bits per heavy atom. The number of anilines is 1. The quantitative estimate of drug-likeness (QED) is 0.190. The Kier molecular flexibility index (Phi) is 10.5. The van der Waals surface area contributed by atoms with Gasteiger partial charge in [0, 0.05) is 6.20 Å². The normalized spacial score (nSPS) is 24.8. The summed E-state index contributed by atoms with van der Waals surface area (Å²) in [4.78, 5) is 39.1. The molecule has 4 atom stereocenters. The van der Waals surface area contributed by atoms with E-state index < -0.39 is 88.2 Å². The van der Waals surface area contributed by atoms with E-state index in [2.05, 4.69) is 14.5 Å². The number of ether oxygens (including phenoxy) is 5. The summed E-state index contributed by atoms with van der Waals surface area (Å²) in [6, 6.07) is 1.25. The second kappa shape index (κ2) is 13.2. The van der Waals surface area contributed by atoms with Gasteiger partial charge in [-0.25, -0.2) is 32.4 Å². The van der Waals surface area contributed by atoms with Crippen LogP contribution in [0.5, 0.6) is 0 Å². The molecule has 18 heteroatoms. The molecule has 0 bridgehead atoms. The highest BCUT2D eigenvalue weighted by Crippen LogP contribution is 2.56. The molecule has 1 saturated heterocycles. The summed E-state index contributed by atoms with van der Waals surface area (Å²) in [5, 5.41) is 10.9. The molecule has 4 unspecified atom stereocenters. The molecule has 2 fully saturated rings. The highest BCUT2D eigenvalue weighted by Gasteiger charge is 2.63. The van der Waals surface area contributed by atoms with E-state index in [4.69, 9.17) is 33.5 Å². The van der Waals surface area contributed by atoms with E-state index in [0.29, 0.717) is 12.8 Å². The summed E-state index contributed by atoms with van der Waals surface area (Å²) in [6.45, 7) is 3.57. The summed E-state index contributed by atoms with van der Waals surface area (Å²) >= 11 is 0. The first-order chi connectivity index (χ1) is 18.8. The number of phosphoric ester groups is 1. The third-order valence-electron chi connectivity index (χ3n) is 5.70. The average Bonchev–Trinajstić information content (AvgIpc) is 3.66. The molecule has 226 valence electrons. The van der Waals surface area contributed by atoms with Crippen LogP contribution in [0.25, 0.3) is 0 Å². The molecule has 1 aliphatic heterocycles. The van der Waals surface area contributed by atoms with Crippen LogP contribution in [0.1, 0.15) is 46.8 Å². The molecule has 0 radical (unpaired) electrons. The van der Waals surface area contributed by atoms with Crippen molar-refractivity contribution in [2.75, 3.05) is 25.9 Å². The Bertz CT molecular complexity index is 1120. The molecule has 1 aliphatic carbocycles. The van der Waals surface area contributed by atoms with Crippen LogP contribution in [-0.2, 0) is 41.8 Å². The number of aliphatic hydroxyl groups excluding tert-OH is 1. The largest absolute Gasteiger partial charge is 0.510 e. The number of carbonyl (C=O) groups is 2. The van der Waals surface area contributed by atoms with E-state index in [9.17, 15) is 24.1 Å². The zero-order chi connectivity index (χ0) is 29.7. The molecule has 40 heavy (non-hydrogen) atoms. The number of hydrogen-bond donors (Lipinski definition) is 2. The number of alkyl halides is 1. The number of rotatable bonds is 13. The number of nitrogens with two attached hydrogens (primary N) is 1. The minimum absolute atomic E-state index is 0.0961. The smallest absolute Gasteiger partial charge is 0.432 e. The number of aliphatic hydroxyl groups is 1. The van der Waals surface area contributed by atoms with Crippen molar-refractivity contribution in [3.8, 4) is 0 Å². The Morgan fingerprint density at radius 2 is 1.70 bits per heavy atom. The highest BCUT2D eigenvalue weighted by molar-refractivity contribution is 7.48. The number of carbonyl (C=O) groups excluding carboxylic acids is 2. The van der Waals surface area contributed by atoms with Crippen LogP contribution >= 0.6 is 7.82 Å². The Labute approximate surface area is 228 Å². The van der Waals surface area contributed by atoms with Gasteiger partial charge >= 0.3 is 25.8 Å². The first-order valence-electron chi connectivity index (χ1n) is 12.3. The zero-order valence-corrected chi connectivity index (χ0v) is 23.2. The van der Waals surface area contributed by atoms with Gasteiger partial charge in [-0.05, 0) is 52.5 Å². The lowest BCUT2D eigenvalue weighted by Crippen LogP contribution is -2.48. The van der Waals surface area contributed by atoms with Gasteiger partial charge in [0.05, 0.1) is 18.8 Å². The van der Waals surface area contributed by atoms with Crippen LogP contribution in [0.2, 0.25) is 0 Å². The molecule has 2 heterocycles. The van der Waals surface area contributed by atoms with E-state index >= 15 is 4.39 Å². The molecule has 16 nitrogen and oxygen atoms in total. The molecule has 1 saturated carbocycles. The lowest BCUT2D eigenvalue weighted by atomic mass is 9.91. The van der Waals surface area contributed by atoms with Gasteiger partial charge in [-0.3, -0.25) is 9.09 Å². The lowest BCUT2D eigenvalue weighted by molar-refractivity contribution is -0.143. The predicted octanol–water partition coefficient (Wildman–Crippen LogP) is 2.40. The van der Waals surface area contributed by atoms with Crippen LogP contribution in [-0.4, -0.2) is 77.2 Å². The third-order valence-corrected chi connectivity index (χ3v) is 6.98. The van der Waals surface area contributed by atoms with Crippen molar-refractivity contribution in [3.63, 3.8) is 0 Å². The summed E-state index contributed by atoms with van der Waals surface area (Å²) < 4.78 is 69.6. The van der Waals surface area contributed by atoms with Crippen molar-refractivity contribution in [3.05, 3.63) is 22.7 Å². The van der Waals surface area contributed by atoms with Gasteiger partial charge in [0.2, 0.25) is 13.6 Å². The lowest BCUT2D eigenvalue weighted by Gasteiger charge is -2.32. The van der Waals surface area contributed by atoms with Crippen molar-refractivity contribution < 1.29 is 60.9 Å². The van der Waals surface area contributed by atoms with Gasteiger partial charge in [-0.2, -0.15) is 4.98 Å². The SMILES string of the molecule is CC(C)OC(=O)OCOP(=O)(OCOC(=O)OC(C)C)OCC1(C2CC2)OC(n2ccc(N)nc2=O)C(F)C1O. The van der Waals surface area contributed by atoms with E-state index in [1.807, 2.05) is 0 Å². The molecule has 1 aromatic heterocycles. The van der Waals surface area contributed by atoms with Crippen LogP contribution < -0.4 is 11.4 Å². The van der Waals surface area contributed by atoms with Gasteiger partial charge in [-0.15, -0.1) is 0 Å². The van der Waals surface area contributed by atoms with E-state index in [1.54, 1.807) is 27.7 Å². The van der Waals surface area contributed by atoms with Crippen molar-refractivity contribution in [2.45, 2.75) is 76.8 Å². The van der Waals surface area contributed by atoms with Crippen molar-refractivity contribution in [1.82, 2.24) is 9.55 Å². The maximum absolute atomic E-state index is 15.3. The molecule has 0 spiro atoms. The molecule has 0 amide bonds. The fourth-order valence-corrected chi connectivity index (χ4v) is 4.73. The second-order valence-corrected chi connectivity index (χ2v) is 11.2. The molecular formula is C22H33FN3O13P. The molecule has 3 rings (SSSR count).